The van der Waals surface area contributed by atoms with Crippen molar-refractivity contribution in [1.82, 2.24) is 0 Å². The molecule has 0 spiro atoms. The predicted molar refractivity (Wildman–Crippen MR) is 140 cm³/mol. The maximum absolute atomic E-state index is 13.4. The predicted octanol–water partition coefficient (Wildman–Crippen LogP) is -2.77. The summed E-state index contributed by atoms with van der Waals surface area (Å²) < 4.78 is 27.2. The van der Waals surface area contributed by atoms with Crippen molar-refractivity contribution in [3.05, 3.63) is 46.8 Å². The average molecular weight is 611 g/mol. The van der Waals surface area contributed by atoms with E-state index in [1.165, 1.54) is 24.3 Å². The summed E-state index contributed by atoms with van der Waals surface area (Å²) in [6.07, 6.45) is -14.8. The molecule has 2 aliphatic heterocycles. The van der Waals surface area contributed by atoms with E-state index in [1.807, 2.05) is 0 Å². The molecule has 0 saturated carbocycles. The Morgan fingerprint density at radius 2 is 1.23 bits per heavy atom. The summed E-state index contributed by atoms with van der Waals surface area (Å²) in [4.78, 5) is 13.4. The van der Waals surface area contributed by atoms with E-state index in [-0.39, 0.29) is 16.9 Å². The fraction of sp³-hybridized carbons (Fsp3) is 0.444. The highest BCUT2D eigenvalue weighted by molar-refractivity contribution is 5.93. The van der Waals surface area contributed by atoms with Crippen LogP contribution in [0, 0.1) is 0 Å². The van der Waals surface area contributed by atoms with Crippen molar-refractivity contribution >= 4 is 11.0 Å². The zero-order valence-electron chi connectivity index (χ0n) is 22.1. The van der Waals surface area contributed by atoms with Crippen molar-refractivity contribution in [1.29, 1.82) is 0 Å². The van der Waals surface area contributed by atoms with Gasteiger partial charge in [0.2, 0.25) is 23.8 Å². The van der Waals surface area contributed by atoms with Gasteiger partial charge in [0.05, 0.1) is 18.8 Å². The Bertz CT molecular complexity index is 1490. The van der Waals surface area contributed by atoms with Gasteiger partial charge in [-0.1, -0.05) is 12.1 Å². The Balaban J connectivity index is 1.42. The molecule has 10 N–H and O–H groups in total. The van der Waals surface area contributed by atoms with Gasteiger partial charge in [-0.25, -0.2) is 0 Å². The second kappa shape index (κ2) is 12.2. The number of fused-ring (bicyclic) bond motifs is 1. The highest BCUT2D eigenvalue weighted by Crippen LogP contribution is 2.41. The summed E-state index contributed by atoms with van der Waals surface area (Å²) >= 11 is 0. The Hall–Kier alpha value is -3.55. The van der Waals surface area contributed by atoms with Crippen LogP contribution in [0.2, 0.25) is 0 Å². The van der Waals surface area contributed by atoms with Crippen LogP contribution in [-0.4, -0.2) is 126 Å². The van der Waals surface area contributed by atoms with E-state index in [4.69, 9.17) is 23.4 Å². The molecule has 2 aliphatic rings. The Kier molecular flexibility index (Phi) is 8.77. The molecular formula is C27H30O16. The van der Waals surface area contributed by atoms with Gasteiger partial charge >= 0.3 is 0 Å². The van der Waals surface area contributed by atoms with Gasteiger partial charge in [-0.2, -0.15) is 0 Å². The minimum absolute atomic E-state index is 0.0494. The summed E-state index contributed by atoms with van der Waals surface area (Å²) in [7, 11) is 0. The van der Waals surface area contributed by atoms with Crippen LogP contribution >= 0.6 is 0 Å². The molecule has 0 aliphatic carbocycles. The zero-order chi connectivity index (χ0) is 31.2. The van der Waals surface area contributed by atoms with Gasteiger partial charge in [0.1, 0.15) is 72.0 Å². The first-order chi connectivity index (χ1) is 20.5. The van der Waals surface area contributed by atoms with E-state index < -0.39 is 108 Å². The van der Waals surface area contributed by atoms with Crippen LogP contribution < -0.4 is 14.9 Å². The molecule has 1 aromatic heterocycles. The van der Waals surface area contributed by atoms with Crippen molar-refractivity contribution in [3.8, 4) is 34.1 Å². The van der Waals surface area contributed by atoms with E-state index in [1.54, 1.807) is 0 Å². The van der Waals surface area contributed by atoms with Gasteiger partial charge in [-0.05, 0) is 17.7 Å². The molecule has 0 amide bonds. The van der Waals surface area contributed by atoms with Gasteiger partial charge in [-0.3, -0.25) is 4.79 Å². The van der Waals surface area contributed by atoms with Crippen molar-refractivity contribution in [2.75, 3.05) is 13.2 Å². The first kappa shape index (κ1) is 30.9. The lowest BCUT2D eigenvalue weighted by Crippen LogP contribution is -2.60. The number of aliphatic hydroxyl groups excluding tert-OH is 8. The van der Waals surface area contributed by atoms with Crippen molar-refractivity contribution in [3.63, 3.8) is 0 Å². The van der Waals surface area contributed by atoms with Crippen LogP contribution in [0.4, 0.5) is 0 Å². The second-order valence-corrected chi connectivity index (χ2v) is 10.1. The van der Waals surface area contributed by atoms with Crippen molar-refractivity contribution < 1.29 is 74.4 Å². The standard InChI is InChI=1S/C27H30O16/c28-6-14-18(33)20(35)22(37)26(41-14)40-10-3-1-9(2-4-10)11-8-39-25-16(17(11)32)12(30)5-13(31)24(25)43-27-23(38)21(36)19(34)15(7-29)42-27/h1-5,8,14-15,18-23,26-31,33-38H,6-7H2/t14-,15-,18-,19-,20+,21+,22-,23-,26-,27+/m1/s1. The number of ether oxygens (including phenoxy) is 4. The Morgan fingerprint density at radius 3 is 1.77 bits per heavy atom. The van der Waals surface area contributed by atoms with E-state index in [9.17, 15) is 55.9 Å². The van der Waals surface area contributed by atoms with Gasteiger partial charge in [0.15, 0.2) is 11.3 Å². The highest BCUT2D eigenvalue weighted by atomic mass is 16.7. The molecule has 0 bridgehead atoms. The quantitative estimate of drug-likeness (QED) is 0.130. The summed E-state index contributed by atoms with van der Waals surface area (Å²) in [5, 5.41) is 99.7. The normalized spacial score (nSPS) is 32.9. The molecule has 16 heteroatoms. The molecular weight excluding hydrogens is 580 g/mol. The van der Waals surface area contributed by atoms with Gasteiger partial charge in [-0.15, -0.1) is 0 Å². The summed E-state index contributed by atoms with van der Waals surface area (Å²) in [5.41, 5.74) is -0.974. The van der Waals surface area contributed by atoms with Crippen LogP contribution in [-0.2, 0) is 9.47 Å². The SMILES string of the molecule is O=c1c(-c2ccc(O[C@@H]3O[C@H](CO)[C@@H](O)[C@H](O)[C@H]3O)cc2)coc2c(O[C@@H]3O[C@H](CO)[C@@H](O)[C@H](O)[C@H]3O)c(O)cc(O)c12. The van der Waals surface area contributed by atoms with E-state index in [0.717, 1.165) is 12.3 Å². The molecule has 43 heavy (non-hydrogen) atoms. The number of phenols is 2. The van der Waals surface area contributed by atoms with Gasteiger partial charge in [0, 0.05) is 6.07 Å². The number of hydrogen-bond donors (Lipinski definition) is 10. The van der Waals surface area contributed by atoms with Crippen LogP contribution in [0.3, 0.4) is 0 Å². The highest BCUT2D eigenvalue weighted by Gasteiger charge is 2.46. The smallest absolute Gasteiger partial charge is 0.229 e. The maximum atomic E-state index is 13.4. The van der Waals surface area contributed by atoms with E-state index in [2.05, 4.69) is 0 Å². The van der Waals surface area contributed by atoms with Gasteiger partial charge < -0.3 is 74.4 Å². The lowest BCUT2D eigenvalue weighted by Gasteiger charge is -2.39. The Labute approximate surface area is 241 Å². The van der Waals surface area contributed by atoms with Crippen LogP contribution in [0.25, 0.3) is 22.1 Å². The molecule has 5 rings (SSSR count). The maximum Gasteiger partial charge on any atom is 0.229 e. The minimum Gasteiger partial charge on any atom is -0.507 e. The lowest BCUT2D eigenvalue weighted by atomic mass is 9.99. The summed E-state index contributed by atoms with van der Waals surface area (Å²) in [5.74, 6) is -1.80. The van der Waals surface area contributed by atoms with Crippen LogP contribution in [0.5, 0.6) is 23.0 Å². The lowest BCUT2D eigenvalue weighted by molar-refractivity contribution is -0.277. The number of hydrogen-bond acceptors (Lipinski definition) is 16. The molecule has 2 aromatic carbocycles. The third-order valence-corrected chi connectivity index (χ3v) is 7.31. The fourth-order valence-corrected chi connectivity index (χ4v) is 4.86. The molecule has 0 unspecified atom stereocenters. The molecule has 3 heterocycles. The molecule has 0 radical (unpaired) electrons. The van der Waals surface area contributed by atoms with Crippen LogP contribution in [0.15, 0.2) is 45.8 Å². The number of aliphatic hydroxyl groups is 8. The first-order valence-electron chi connectivity index (χ1n) is 13.0. The van der Waals surface area contributed by atoms with Crippen molar-refractivity contribution in [2.45, 2.75) is 61.4 Å². The second-order valence-electron chi connectivity index (χ2n) is 10.1. The van der Waals surface area contributed by atoms with E-state index >= 15 is 0 Å². The fourth-order valence-electron chi connectivity index (χ4n) is 4.86. The van der Waals surface area contributed by atoms with E-state index in [0.29, 0.717) is 0 Å². The third kappa shape index (κ3) is 5.61. The van der Waals surface area contributed by atoms with Gasteiger partial charge in [0.25, 0.3) is 0 Å². The summed E-state index contributed by atoms with van der Waals surface area (Å²) in [6, 6.07) is 6.44. The minimum atomic E-state index is -1.84. The summed E-state index contributed by atoms with van der Waals surface area (Å²) in [6.45, 7) is -1.38. The monoisotopic (exact) mass is 610 g/mol. The first-order valence-corrected chi connectivity index (χ1v) is 13.0. The zero-order valence-corrected chi connectivity index (χ0v) is 22.1. The number of benzene rings is 2. The Morgan fingerprint density at radius 1 is 0.698 bits per heavy atom. The molecule has 2 saturated heterocycles. The molecule has 10 atom stereocenters. The van der Waals surface area contributed by atoms with Crippen LogP contribution in [0.1, 0.15) is 0 Å². The molecule has 16 nitrogen and oxygen atoms in total. The molecule has 234 valence electrons. The number of phenolic OH excluding ortho intramolecular Hbond substituents is 2. The largest absolute Gasteiger partial charge is 0.507 e. The number of rotatable bonds is 7. The third-order valence-electron chi connectivity index (χ3n) is 7.31. The van der Waals surface area contributed by atoms with Crippen molar-refractivity contribution in [2.24, 2.45) is 0 Å². The number of aromatic hydroxyl groups is 2. The molecule has 3 aromatic rings. The average Bonchev–Trinajstić information content (AvgIpc) is 2.99. The topological polar surface area (TPSA) is 269 Å². The molecule has 2 fully saturated rings.